The first-order chi connectivity index (χ1) is 14.0. The highest BCUT2D eigenvalue weighted by Crippen LogP contribution is 2.30. The number of para-hydroxylation sites is 1. The second-order valence-electron chi connectivity index (χ2n) is 6.18. The van der Waals surface area contributed by atoms with Crippen molar-refractivity contribution >= 4 is 46.0 Å². The van der Waals surface area contributed by atoms with Gasteiger partial charge in [-0.25, -0.2) is 19.0 Å². The van der Waals surface area contributed by atoms with Crippen LogP contribution < -0.4 is 5.32 Å². The number of halogens is 2. The van der Waals surface area contributed by atoms with E-state index in [-0.39, 0.29) is 10.9 Å². The fraction of sp³-hybridized carbons (Fsp3) is 0.100. The highest BCUT2D eigenvalue weighted by molar-refractivity contribution is 8.00. The SMILES string of the molecule is CC(Sc1ncnc2c1cnn2-c1ccccc1)C(=O)Nc1ccc(F)cc1Cl. The predicted molar refractivity (Wildman–Crippen MR) is 112 cm³/mol. The summed E-state index contributed by atoms with van der Waals surface area (Å²) in [4.78, 5) is 21.2. The molecule has 0 aliphatic heterocycles. The van der Waals surface area contributed by atoms with Gasteiger partial charge in [-0.2, -0.15) is 5.10 Å². The van der Waals surface area contributed by atoms with Gasteiger partial charge in [0.15, 0.2) is 5.65 Å². The summed E-state index contributed by atoms with van der Waals surface area (Å²) in [6, 6.07) is 13.5. The number of thioether (sulfide) groups is 1. The lowest BCUT2D eigenvalue weighted by Gasteiger charge is -2.13. The van der Waals surface area contributed by atoms with Crippen LogP contribution in [0.4, 0.5) is 10.1 Å². The van der Waals surface area contributed by atoms with E-state index >= 15 is 0 Å². The first-order valence-corrected chi connectivity index (χ1v) is 9.95. The minimum atomic E-state index is -0.478. The van der Waals surface area contributed by atoms with Gasteiger partial charge < -0.3 is 5.32 Å². The molecule has 1 N–H and O–H groups in total. The number of carbonyl (C=O) groups is 1. The first-order valence-electron chi connectivity index (χ1n) is 8.69. The third-order valence-corrected chi connectivity index (χ3v) is 5.61. The molecule has 2 aromatic heterocycles. The summed E-state index contributed by atoms with van der Waals surface area (Å²) in [5.41, 5.74) is 1.90. The molecule has 0 saturated carbocycles. The van der Waals surface area contributed by atoms with Gasteiger partial charge in [-0.3, -0.25) is 4.79 Å². The van der Waals surface area contributed by atoms with Crippen molar-refractivity contribution in [3.63, 3.8) is 0 Å². The van der Waals surface area contributed by atoms with Crippen LogP contribution >= 0.6 is 23.4 Å². The van der Waals surface area contributed by atoms with Crippen molar-refractivity contribution in [2.45, 2.75) is 17.2 Å². The smallest absolute Gasteiger partial charge is 0.237 e. The quantitative estimate of drug-likeness (QED) is 0.368. The number of carbonyl (C=O) groups excluding carboxylic acids is 1. The van der Waals surface area contributed by atoms with Crippen LogP contribution in [0.1, 0.15) is 6.92 Å². The maximum atomic E-state index is 13.2. The van der Waals surface area contributed by atoms with Gasteiger partial charge in [0.2, 0.25) is 5.91 Å². The maximum Gasteiger partial charge on any atom is 0.237 e. The summed E-state index contributed by atoms with van der Waals surface area (Å²) < 4.78 is 14.9. The van der Waals surface area contributed by atoms with Crippen LogP contribution in [0.3, 0.4) is 0 Å². The molecule has 1 unspecified atom stereocenters. The summed E-state index contributed by atoms with van der Waals surface area (Å²) in [6.45, 7) is 1.76. The zero-order valence-electron chi connectivity index (χ0n) is 15.2. The van der Waals surface area contributed by atoms with Crippen molar-refractivity contribution < 1.29 is 9.18 Å². The van der Waals surface area contributed by atoms with Crippen molar-refractivity contribution in [3.05, 3.63) is 71.9 Å². The van der Waals surface area contributed by atoms with Crippen LogP contribution in [0.25, 0.3) is 16.7 Å². The molecule has 0 radical (unpaired) electrons. The van der Waals surface area contributed by atoms with Gasteiger partial charge in [-0.15, -0.1) is 0 Å². The molecule has 0 fully saturated rings. The molecule has 2 aromatic carbocycles. The summed E-state index contributed by atoms with van der Waals surface area (Å²) in [6.07, 6.45) is 3.14. The van der Waals surface area contributed by atoms with E-state index in [1.165, 1.54) is 30.2 Å². The molecule has 146 valence electrons. The molecule has 0 aliphatic rings. The molecule has 4 rings (SSSR count). The van der Waals surface area contributed by atoms with E-state index in [2.05, 4.69) is 20.4 Å². The number of amides is 1. The molecule has 29 heavy (non-hydrogen) atoms. The molecule has 4 aromatic rings. The summed E-state index contributed by atoms with van der Waals surface area (Å²) in [7, 11) is 0. The molecule has 9 heteroatoms. The van der Waals surface area contributed by atoms with Crippen LogP contribution in [0.15, 0.2) is 66.1 Å². The van der Waals surface area contributed by atoms with E-state index in [1.807, 2.05) is 30.3 Å². The van der Waals surface area contributed by atoms with Crippen LogP contribution in [-0.4, -0.2) is 30.9 Å². The molecule has 1 amide bonds. The van der Waals surface area contributed by atoms with Gasteiger partial charge in [-0.05, 0) is 37.3 Å². The van der Waals surface area contributed by atoms with Crippen molar-refractivity contribution in [1.29, 1.82) is 0 Å². The van der Waals surface area contributed by atoms with E-state index in [4.69, 9.17) is 11.6 Å². The minimum Gasteiger partial charge on any atom is -0.324 e. The Kier molecular flexibility index (Phi) is 5.46. The monoisotopic (exact) mass is 427 g/mol. The topological polar surface area (TPSA) is 72.7 Å². The molecule has 0 bridgehead atoms. The van der Waals surface area contributed by atoms with Crippen molar-refractivity contribution in [1.82, 2.24) is 19.7 Å². The lowest BCUT2D eigenvalue weighted by Crippen LogP contribution is -2.22. The molecule has 1 atom stereocenters. The Bertz CT molecular complexity index is 1180. The average molecular weight is 428 g/mol. The predicted octanol–water partition coefficient (Wildman–Crippen LogP) is 4.73. The standard InChI is InChI=1S/C20H15ClFN5OS/c1-12(19(28)26-17-8-7-13(22)9-16(17)21)29-20-15-10-25-27(18(15)23-11-24-20)14-5-3-2-4-6-14/h2-12H,1H3,(H,26,28). The Balaban J connectivity index is 1.56. The van der Waals surface area contributed by atoms with E-state index in [0.29, 0.717) is 16.4 Å². The van der Waals surface area contributed by atoms with E-state index in [9.17, 15) is 9.18 Å². The number of hydrogen-bond donors (Lipinski definition) is 1. The second kappa shape index (κ2) is 8.18. The number of benzene rings is 2. The number of nitrogens with zero attached hydrogens (tertiary/aromatic N) is 4. The van der Waals surface area contributed by atoms with Gasteiger partial charge in [0.1, 0.15) is 17.2 Å². The Labute approximate surface area is 175 Å². The Morgan fingerprint density at radius 2 is 2.00 bits per heavy atom. The highest BCUT2D eigenvalue weighted by atomic mass is 35.5. The highest BCUT2D eigenvalue weighted by Gasteiger charge is 2.19. The maximum absolute atomic E-state index is 13.2. The molecule has 0 aliphatic carbocycles. The number of rotatable bonds is 5. The van der Waals surface area contributed by atoms with Crippen LogP contribution in [0.2, 0.25) is 5.02 Å². The van der Waals surface area contributed by atoms with Gasteiger partial charge in [0, 0.05) is 0 Å². The zero-order chi connectivity index (χ0) is 20.4. The lowest BCUT2D eigenvalue weighted by molar-refractivity contribution is -0.115. The van der Waals surface area contributed by atoms with Gasteiger partial charge in [-0.1, -0.05) is 41.6 Å². The first kappa shape index (κ1) is 19.4. The van der Waals surface area contributed by atoms with Crippen LogP contribution in [0.5, 0.6) is 0 Å². The van der Waals surface area contributed by atoms with E-state index in [1.54, 1.807) is 17.8 Å². The van der Waals surface area contributed by atoms with Gasteiger partial charge >= 0.3 is 0 Å². The molecular formula is C20H15ClFN5OS. The van der Waals surface area contributed by atoms with Gasteiger partial charge in [0.05, 0.1) is 33.2 Å². The van der Waals surface area contributed by atoms with Crippen molar-refractivity contribution in [2.75, 3.05) is 5.32 Å². The van der Waals surface area contributed by atoms with E-state index < -0.39 is 11.1 Å². The fourth-order valence-corrected chi connectivity index (χ4v) is 3.82. The van der Waals surface area contributed by atoms with Crippen LogP contribution in [0, 0.1) is 5.82 Å². The molecule has 0 saturated heterocycles. The minimum absolute atomic E-state index is 0.143. The number of fused-ring (bicyclic) bond motifs is 1. The zero-order valence-corrected chi connectivity index (χ0v) is 16.8. The Morgan fingerprint density at radius 1 is 1.21 bits per heavy atom. The number of hydrogen-bond acceptors (Lipinski definition) is 5. The third kappa shape index (κ3) is 4.08. The normalized spacial score (nSPS) is 12.1. The second-order valence-corrected chi connectivity index (χ2v) is 7.92. The fourth-order valence-electron chi connectivity index (χ4n) is 2.72. The summed E-state index contributed by atoms with van der Waals surface area (Å²) >= 11 is 7.27. The number of aromatic nitrogens is 4. The van der Waals surface area contributed by atoms with Crippen LogP contribution in [-0.2, 0) is 4.79 Å². The molecule has 2 heterocycles. The number of anilines is 1. The molecular weight excluding hydrogens is 413 g/mol. The lowest BCUT2D eigenvalue weighted by atomic mass is 10.3. The number of nitrogens with one attached hydrogen (secondary N) is 1. The van der Waals surface area contributed by atoms with Gasteiger partial charge in [0.25, 0.3) is 0 Å². The van der Waals surface area contributed by atoms with E-state index in [0.717, 1.165) is 17.1 Å². The third-order valence-electron chi connectivity index (χ3n) is 4.18. The molecule has 0 spiro atoms. The average Bonchev–Trinajstić information content (AvgIpc) is 3.16. The Morgan fingerprint density at radius 3 is 2.76 bits per heavy atom. The largest absolute Gasteiger partial charge is 0.324 e. The summed E-state index contributed by atoms with van der Waals surface area (Å²) in [5, 5.41) is 8.19. The molecule has 6 nitrogen and oxygen atoms in total. The Hall–Kier alpha value is -2.97. The van der Waals surface area contributed by atoms with Crippen molar-refractivity contribution in [3.8, 4) is 5.69 Å². The summed E-state index contributed by atoms with van der Waals surface area (Å²) in [5.74, 6) is -0.736. The van der Waals surface area contributed by atoms with Crippen molar-refractivity contribution in [2.24, 2.45) is 0 Å².